The third-order valence-corrected chi connectivity index (χ3v) is 3.59. The average molecular weight is 329 g/mol. The van der Waals surface area contributed by atoms with Crippen molar-refractivity contribution in [3.05, 3.63) is 45.1 Å². The number of nitrogens with zero attached hydrogens (tertiary/aromatic N) is 2. The number of hydrogen-bond donors (Lipinski definition) is 1. The molecule has 1 heterocycles. The monoisotopic (exact) mass is 327 g/mol. The molecule has 0 aliphatic carbocycles. The topological polar surface area (TPSA) is 29.9 Å². The number of aromatic nitrogens is 2. The Balaban J connectivity index is 2.08. The van der Waals surface area contributed by atoms with Gasteiger partial charge in [-0.1, -0.05) is 34.5 Å². The summed E-state index contributed by atoms with van der Waals surface area (Å²) in [6.45, 7) is 2.82. The molecule has 3 nitrogen and oxygen atoms in total. The Morgan fingerprint density at radius 3 is 2.78 bits per heavy atom. The minimum Gasteiger partial charge on any atom is -0.378 e. The van der Waals surface area contributed by atoms with Crippen LogP contribution in [0.4, 0.5) is 5.69 Å². The van der Waals surface area contributed by atoms with E-state index in [0.29, 0.717) is 11.6 Å². The van der Waals surface area contributed by atoms with Crippen molar-refractivity contribution in [2.24, 2.45) is 7.05 Å². The molecule has 1 aromatic heterocycles. The van der Waals surface area contributed by atoms with Crippen LogP contribution in [0.1, 0.15) is 18.3 Å². The Morgan fingerprint density at radius 1 is 1.39 bits per heavy atom. The zero-order chi connectivity index (χ0) is 13.1. The van der Waals surface area contributed by atoms with E-state index in [0.717, 1.165) is 28.0 Å². The van der Waals surface area contributed by atoms with Crippen molar-refractivity contribution in [1.29, 1.82) is 0 Å². The lowest BCUT2D eigenvalue weighted by molar-refractivity contribution is 0.707. The van der Waals surface area contributed by atoms with Gasteiger partial charge in [0.2, 0.25) is 0 Å². The van der Waals surface area contributed by atoms with Crippen molar-refractivity contribution in [3.63, 3.8) is 0 Å². The van der Waals surface area contributed by atoms with E-state index >= 15 is 0 Å². The molecule has 1 aromatic carbocycles. The first-order chi connectivity index (χ1) is 8.60. The lowest BCUT2D eigenvalue weighted by Gasteiger charge is -2.08. The first-order valence-electron chi connectivity index (χ1n) is 5.81. The van der Waals surface area contributed by atoms with E-state index in [1.165, 1.54) is 0 Å². The first kappa shape index (κ1) is 13.4. The van der Waals surface area contributed by atoms with Crippen LogP contribution in [0.3, 0.4) is 0 Å². The van der Waals surface area contributed by atoms with Crippen LogP contribution in [0, 0.1) is 0 Å². The summed E-state index contributed by atoms with van der Waals surface area (Å²) in [5.74, 6) is 0. The summed E-state index contributed by atoms with van der Waals surface area (Å²) in [4.78, 5) is 0. The number of rotatable bonds is 4. The van der Waals surface area contributed by atoms with Crippen LogP contribution < -0.4 is 5.32 Å². The van der Waals surface area contributed by atoms with Crippen LogP contribution in [0.25, 0.3) is 0 Å². The molecule has 0 spiro atoms. The van der Waals surface area contributed by atoms with Crippen LogP contribution in [0.15, 0.2) is 28.7 Å². The molecule has 1 N–H and O–H groups in total. The summed E-state index contributed by atoms with van der Waals surface area (Å²) in [6.07, 6.45) is 0.951. The SMILES string of the molecule is CCc1cc(CNc2ccc(Br)cc2Cl)n(C)n1. The number of benzene rings is 1. The number of halogens is 2. The molecule has 0 atom stereocenters. The van der Waals surface area contributed by atoms with Gasteiger partial charge < -0.3 is 5.32 Å². The van der Waals surface area contributed by atoms with Crippen LogP contribution in [-0.2, 0) is 20.0 Å². The van der Waals surface area contributed by atoms with Gasteiger partial charge in [-0.2, -0.15) is 5.10 Å². The Kier molecular flexibility index (Phi) is 4.30. The molecule has 0 bridgehead atoms. The van der Waals surface area contributed by atoms with E-state index in [9.17, 15) is 0 Å². The quantitative estimate of drug-likeness (QED) is 0.919. The number of hydrogen-bond acceptors (Lipinski definition) is 2. The summed E-state index contributed by atoms with van der Waals surface area (Å²) in [5, 5.41) is 8.45. The van der Waals surface area contributed by atoms with Crippen molar-refractivity contribution < 1.29 is 0 Å². The smallest absolute Gasteiger partial charge is 0.0648 e. The van der Waals surface area contributed by atoms with Crippen LogP contribution >= 0.6 is 27.5 Å². The largest absolute Gasteiger partial charge is 0.378 e. The second kappa shape index (κ2) is 5.76. The van der Waals surface area contributed by atoms with Crippen molar-refractivity contribution in [2.75, 3.05) is 5.32 Å². The van der Waals surface area contributed by atoms with Gasteiger partial charge in [-0.05, 0) is 30.7 Å². The second-order valence-corrected chi connectivity index (χ2v) is 5.40. The van der Waals surface area contributed by atoms with Crippen LogP contribution in [0.2, 0.25) is 5.02 Å². The summed E-state index contributed by atoms with van der Waals surface area (Å²) in [6, 6.07) is 7.92. The highest BCUT2D eigenvalue weighted by Gasteiger charge is 2.05. The van der Waals surface area contributed by atoms with E-state index in [2.05, 4.69) is 39.3 Å². The molecule has 2 rings (SSSR count). The molecule has 0 aliphatic heterocycles. The molecule has 0 saturated carbocycles. The van der Waals surface area contributed by atoms with Crippen molar-refractivity contribution in [2.45, 2.75) is 19.9 Å². The fourth-order valence-corrected chi connectivity index (χ4v) is 2.47. The maximum absolute atomic E-state index is 6.15. The normalized spacial score (nSPS) is 10.7. The molecule has 0 fully saturated rings. The van der Waals surface area contributed by atoms with Gasteiger partial charge in [0.25, 0.3) is 0 Å². The van der Waals surface area contributed by atoms with Gasteiger partial charge in [-0.15, -0.1) is 0 Å². The van der Waals surface area contributed by atoms with Gasteiger partial charge in [-0.25, -0.2) is 0 Å². The van der Waals surface area contributed by atoms with E-state index in [4.69, 9.17) is 11.6 Å². The third kappa shape index (κ3) is 3.06. The molecular weight excluding hydrogens is 314 g/mol. The molecule has 5 heteroatoms. The molecule has 0 unspecified atom stereocenters. The van der Waals surface area contributed by atoms with Crippen molar-refractivity contribution in [1.82, 2.24) is 9.78 Å². The summed E-state index contributed by atoms with van der Waals surface area (Å²) in [5.41, 5.74) is 3.18. The Labute approximate surface area is 120 Å². The Bertz CT molecular complexity index is 551. The summed E-state index contributed by atoms with van der Waals surface area (Å²) >= 11 is 9.54. The van der Waals surface area contributed by atoms with Gasteiger partial charge in [-0.3, -0.25) is 4.68 Å². The van der Waals surface area contributed by atoms with Gasteiger partial charge in [0.1, 0.15) is 0 Å². The van der Waals surface area contributed by atoms with Gasteiger partial charge in [0, 0.05) is 11.5 Å². The fraction of sp³-hybridized carbons (Fsp3) is 0.308. The van der Waals surface area contributed by atoms with Crippen LogP contribution in [-0.4, -0.2) is 9.78 Å². The highest BCUT2D eigenvalue weighted by Crippen LogP contribution is 2.26. The predicted molar refractivity (Wildman–Crippen MR) is 79.1 cm³/mol. The van der Waals surface area contributed by atoms with Crippen LogP contribution in [0.5, 0.6) is 0 Å². The first-order valence-corrected chi connectivity index (χ1v) is 6.98. The predicted octanol–water partition coefficient (Wildman–Crippen LogP) is 4.01. The highest BCUT2D eigenvalue weighted by atomic mass is 79.9. The summed E-state index contributed by atoms with van der Waals surface area (Å²) in [7, 11) is 1.96. The van der Waals surface area contributed by atoms with Gasteiger partial charge >= 0.3 is 0 Å². The lowest BCUT2D eigenvalue weighted by atomic mass is 10.3. The van der Waals surface area contributed by atoms with Gasteiger partial charge in [0.05, 0.1) is 28.6 Å². The van der Waals surface area contributed by atoms with E-state index < -0.39 is 0 Å². The molecular formula is C13H15BrClN3. The Hall–Kier alpha value is -1.00. The van der Waals surface area contributed by atoms with E-state index in [1.807, 2.05) is 29.9 Å². The summed E-state index contributed by atoms with van der Waals surface area (Å²) < 4.78 is 2.88. The highest BCUT2D eigenvalue weighted by molar-refractivity contribution is 9.10. The van der Waals surface area contributed by atoms with E-state index in [-0.39, 0.29) is 0 Å². The zero-order valence-corrected chi connectivity index (χ0v) is 12.7. The van der Waals surface area contributed by atoms with E-state index in [1.54, 1.807) is 0 Å². The zero-order valence-electron chi connectivity index (χ0n) is 10.4. The standard InChI is InChI=1S/C13H15BrClN3/c1-3-10-7-11(18(2)17-10)8-16-13-5-4-9(14)6-12(13)15/h4-7,16H,3,8H2,1-2H3. The Morgan fingerprint density at radius 2 is 2.17 bits per heavy atom. The fourth-order valence-electron chi connectivity index (χ4n) is 1.73. The molecule has 0 radical (unpaired) electrons. The minimum absolute atomic E-state index is 0.710. The number of nitrogens with one attached hydrogen (secondary N) is 1. The van der Waals surface area contributed by atoms with Gasteiger partial charge in [0.15, 0.2) is 0 Å². The molecule has 2 aromatic rings. The molecule has 0 aliphatic rings. The maximum atomic E-state index is 6.15. The lowest BCUT2D eigenvalue weighted by Crippen LogP contribution is -2.05. The number of aryl methyl sites for hydroxylation is 2. The molecule has 96 valence electrons. The molecule has 0 amide bonds. The third-order valence-electron chi connectivity index (χ3n) is 2.78. The van der Waals surface area contributed by atoms with Crippen molar-refractivity contribution in [3.8, 4) is 0 Å². The molecule has 18 heavy (non-hydrogen) atoms. The molecule has 0 saturated heterocycles. The number of anilines is 1. The minimum atomic E-state index is 0.710. The maximum Gasteiger partial charge on any atom is 0.0648 e. The van der Waals surface area contributed by atoms with Crippen molar-refractivity contribution >= 4 is 33.2 Å². The average Bonchev–Trinajstić information content (AvgIpc) is 2.69. The second-order valence-electron chi connectivity index (χ2n) is 4.08.